The number of nitrogens with zero attached hydrogens (tertiary/aromatic N) is 4. The average Bonchev–Trinajstić information content (AvgIpc) is 2.96. The van der Waals surface area contributed by atoms with Crippen molar-refractivity contribution in [1.82, 2.24) is 5.43 Å². The molecule has 0 spiro atoms. The van der Waals surface area contributed by atoms with Crippen LogP contribution in [0.1, 0.15) is 10.4 Å². The predicted molar refractivity (Wildman–Crippen MR) is 142 cm³/mol. The van der Waals surface area contributed by atoms with Gasteiger partial charge in [-0.2, -0.15) is 5.43 Å². The van der Waals surface area contributed by atoms with Crippen molar-refractivity contribution in [3.63, 3.8) is 0 Å². The lowest BCUT2D eigenvalue weighted by molar-refractivity contribution is -0.393. The lowest BCUT2D eigenvalue weighted by atomic mass is 10.2. The molecule has 0 aromatic heterocycles. The molecule has 12 heteroatoms. The van der Waals surface area contributed by atoms with Crippen molar-refractivity contribution in [2.45, 2.75) is 0 Å². The number of para-hydroxylation sites is 2. The molecule has 39 heavy (non-hydrogen) atoms. The third kappa shape index (κ3) is 5.69. The number of anilines is 2. The molecule has 0 bridgehead atoms. The Hall–Kier alpha value is -5.65. The number of aldehydes is 1. The summed E-state index contributed by atoms with van der Waals surface area (Å²) >= 11 is 0. The maximum Gasteiger partial charge on any atom is 0.307 e. The Labute approximate surface area is 222 Å². The first-order valence-corrected chi connectivity index (χ1v) is 11.3. The van der Waals surface area contributed by atoms with Crippen LogP contribution in [0.15, 0.2) is 84.9 Å². The molecule has 4 rings (SSSR count). The van der Waals surface area contributed by atoms with E-state index in [1.165, 1.54) is 31.4 Å². The van der Waals surface area contributed by atoms with Crippen LogP contribution in [0.3, 0.4) is 0 Å². The molecule has 0 amide bonds. The summed E-state index contributed by atoms with van der Waals surface area (Å²) in [5.74, 6) is -0.118. The molecule has 0 aliphatic rings. The minimum atomic E-state index is -0.781. The van der Waals surface area contributed by atoms with Crippen molar-refractivity contribution in [3.8, 4) is 23.0 Å². The Kier molecular flexibility index (Phi) is 7.86. The Morgan fingerprint density at radius 1 is 0.769 bits per heavy atom. The van der Waals surface area contributed by atoms with Gasteiger partial charge in [0.15, 0.2) is 11.5 Å². The van der Waals surface area contributed by atoms with Crippen LogP contribution < -0.4 is 24.6 Å². The second-order valence-electron chi connectivity index (χ2n) is 7.88. The van der Waals surface area contributed by atoms with Crippen LogP contribution in [0, 0.1) is 20.2 Å². The summed E-state index contributed by atoms with van der Waals surface area (Å²) in [6.45, 7) is 0. The van der Waals surface area contributed by atoms with E-state index in [1.807, 2.05) is 0 Å². The van der Waals surface area contributed by atoms with Crippen molar-refractivity contribution in [3.05, 3.63) is 111 Å². The normalized spacial score (nSPS) is 10.3. The van der Waals surface area contributed by atoms with E-state index in [1.54, 1.807) is 60.7 Å². The minimum absolute atomic E-state index is 0.0333. The monoisotopic (exact) mass is 529 g/mol. The number of nitro groups is 2. The second kappa shape index (κ2) is 11.6. The van der Waals surface area contributed by atoms with Crippen molar-refractivity contribution >= 4 is 34.7 Å². The number of rotatable bonds is 11. The van der Waals surface area contributed by atoms with E-state index in [0.717, 1.165) is 12.1 Å². The van der Waals surface area contributed by atoms with E-state index >= 15 is 0 Å². The zero-order valence-corrected chi connectivity index (χ0v) is 20.7. The molecule has 0 fully saturated rings. The number of nitro benzene ring substituents is 2. The van der Waals surface area contributed by atoms with Crippen molar-refractivity contribution in [1.29, 1.82) is 0 Å². The third-order valence-corrected chi connectivity index (χ3v) is 5.48. The summed E-state index contributed by atoms with van der Waals surface area (Å²) in [5.41, 5.74) is 3.84. The standard InChI is InChI=1S/C27H21N4O8/c1-37-24-13-18(17-32)14-25(38-2)27(24)39-21-15-22(30(33)34)26(23(16-21)31(35)36)28-29(19-9-5-3-6-10-19)20-11-7-4-8-12-20/h3-17H,1-2H3. The van der Waals surface area contributed by atoms with E-state index in [4.69, 9.17) is 14.2 Å². The lowest BCUT2D eigenvalue weighted by Gasteiger charge is -2.23. The maximum absolute atomic E-state index is 12.1. The summed E-state index contributed by atoms with van der Waals surface area (Å²) < 4.78 is 16.4. The van der Waals surface area contributed by atoms with E-state index in [9.17, 15) is 25.0 Å². The topological polar surface area (TPSA) is 148 Å². The number of ether oxygens (including phenoxy) is 3. The maximum atomic E-state index is 12.1. The molecule has 1 radical (unpaired) electrons. The molecule has 0 N–H and O–H groups in total. The Bertz CT molecular complexity index is 1410. The van der Waals surface area contributed by atoms with Crippen LogP contribution in [-0.4, -0.2) is 30.4 Å². The molecule has 0 aliphatic heterocycles. The van der Waals surface area contributed by atoms with Crippen LogP contribution >= 0.6 is 0 Å². The van der Waals surface area contributed by atoms with E-state index in [0.29, 0.717) is 17.7 Å². The van der Waals surface area contributed by atoms with Gasteiger partial charge < -0.3 is 14.2 Å². The Morgan fingerprint density at radius 2 is 1.23 bits per heavy atom. The smallest absolute Gasteiger partial charge is 0.307 e. The molecule has 0 heterocycles. The van der Waals surface area contributed by atoms with E-state index in [2.05, 4.69) is 5.43 Å². The number of methoxy groups -OCH3 is 2. The molecule has 4 aromatic rings. The highest BCUT2D eigenvalue weighted by molar-refractivity contribution is 5.79. The first-order chi connectivity index (χ1) is 18.9. The molecule has 197 valence electrons. The zero-order valence-electron chi connectivity index (χ0n) is 20.7. The van der Waals surface area contributed by atoms with Gasteiger partial charge in [0.25, 0.3) is 0 Å². The van der Waals surface area contributed by atoms with Crippen LogP contribution in [0.25, 0.3) is 0 Å². The Morgan fingerprint density at radius 3 is 1.62 bits per heavy atom. The van der Waals surface area contributed by atoms with Crippen LogP contribution in [0.4, 0.5) is 28.4 Å². The quantitative estimate of drug-likeness (QED) is 0.127. The number of hydrogen-bond donors (Lipinski definition) is 0. The molecule has 4 aromatic carbocycles. The third-order valence-electron chi connectivity index (χ3n) is 5.48. The first-order valence-electron chi connectivity index (χ1n) is 11.3. The van der Waals surface area contributed by atoms with E-state index in [-0.39, 0.29) is 28.6 Å². The van der Waals surface area contributed by atoms with Crippen LogP contribution in [0.5, 0.6) is 23.0 Å². The van der Waals surface area contributed by atoms with Crippen molar-refractivity contribution in [2.75, 3.05) is 19.2 Å². The minimum Gasteiger partial charge on any atom is -0.493 e. The number of hydrogen-bond acceptors (Lipinski definition) is 9. The average molecular weight is 529 g/mol. The molecule has 0 saturated heterocycles. The summed E-state index contributed by atoms with van der Waals surface area (Å²) in [6.07, 6.45) is 0.575. The van der Waals surface area contributed by atoms with Crippen LogP contribution in [-0.2, 0) is 0 Å². The highest BCUT2D eigenvalue weighted by Crippen LogP contribution is 2.45. The molecule has 0 atom stereocenters. The SMILES string of the molecule is COc1cc(C=O)cc(OC)c1Oc1cc([N+](=O)[O-])c([N]N(c2ccccc2)c2ccccc2)c([N+](=O)[O-])c1. The highest BCUT2D eigenvalue weighted by Gasteiger charge is 2.32. The van der Waals surface area contributed by atoms with Crippen molar-refractivity contribution < 1.29 is 28.9 Å². The lowest BCUT2D eigenvalue weighted by Crippen LogP contribution is -2.24. The number of carbonyl (C=O) groups excluding carboxylic acids is 1. The highest BCUT2D eigenvalue weighted by atomic mass is 16.6. The molecule has 12 nitrogen and oxygen atoms in total. The van der Waals surface area contributed by atoms with Gasteiger partial charge in [0.05, 0.1) is 47.6 Å². The number of benzene rings is 4. The largest absolute Gasteiger partial charge is 0.493 e. The molecule has 0 saturated carbocycles. The van der Waals surface area contributed by atoms with Gasteiger partial charge in [-0.05, 0) is 36.4 Å². The van der Waals surface area contributed by atoms with Gasteiger partial charge in [-0.25, -0.2) is 5.01 Å². The molecular weight excluding hydrogens is 508 g/mol. The summed E-state index contributed by atoms with van der Waals surface area (Å²) in [5, 5.41) is 25.7. The Balaban J connectivity index is 1.85. The molecular formula is C27H21N4O8. The van der Waals surface area contributed by atoms with Gasteiger partial charge in [0.1, 0.15) is 12.0 Å². The fourth-order valence-corrected chi connectivity index (χ4v) is 3.71. The van der Waals surface area contributed by atoms with E-state index < -0.39 is 26.9 Å². The van der Waals surface area contributed by atoms with Gasteiger partial charge in [-0.3, -0.25) is 25.0 Å². The summed E-state index contributed by atoms with van der Waals surface area (Å²) in [4.78, 5) is 34.0. The van der Waals surface area contributed by atoms with Crippen molar-refractivity contribution in [2.24, 2.45) is 0 Å². The number of carbonyl (C=O) groups is 1. The summed E-state index contributed by atoms with van der Waals surface area (Å²) in [7, 11) is 2.65. The molecule has 0 aliphatic carbocycles. The van der Waals surface area contributed by atoms with Crippen LogP contribution in [0.2, 0.25) is 0 Å². The van der Waals surface area contributed by atoms with Gasteiger partial charge in [-0.1, -0.05) is 36.4 Å². The summed E-state index contributed by atoms with van der Waals surface area (Å²) in [6, 6.07) is 22.2. The fraction of sp³-hybridized carbons (Fsp3) is 0.0741. The second-order valence-corrected chi connectivity index (χ2v) is 7.88. The van der Waals surface area contributed by atoms with Gasteiger partial charge in [0.2, 0.25) is 11.4 Å². The predicted octanol–water partition coefficient (Wildman–Crippen LogP) is 6.11. The first kappa shape index (κ1) is 26.4. The van der Waals surface area contributed by atoms with Gasteiger partial charge in [0, 0.05) is 5.56 Å². The zero-order chi connectivity index (χ0) is 27.9. The van der Waals surface area contributed by atoms with Gasteiger partial charge in [-0.15, -0.1) is 0 Å². The fourth-order valence-electron chi connectivity index (χ4n) is 3.71. The van der Waals surface area contributed by atoms with Gasteiger partial charge >= 0.3 is 11.4 Å². The molecule has 0 unspecified atom stereocenters.